The predicted octanol–water partition coefficient (Wildman–Crippen LogP) is 2.89. The molecule has 7 heteroatoms. The molecule has 2 atom stereocenters. The topological polar surface area (TPSA) is 62.7 Å². The molecule has 29 heavy (non-hydrogen) atoms. The first-order valence-corrected chi connectivity index (χ1v) is 10.5. The Balaban J connectivity index is 1.46. The van der Waals surface area contributed by atoms with Gasteiger partial charge in [-0.2, -0.15) is 0 Å². The van der Waals surface area contributed by atoms with Gasteiger partial charge in [0.05, 0.1) is 21.3 Å². The molecule has 6 nitrogen and oxygen atoms in total. The molecule has 2 fully saturated rings. The number of nitrogens with zero attached hydrogens (tertiary/aromatic N) is 3. The molecule has 2 amide bonds. The number of fused-ring (bicyclic) bond motifs is 2. The minimum atomic E-state index is -0.549. The summed E-state index contributed by atoms with van der Waals surface area (Å²) in [5.74, 6) is -0.0522. The lowest BCUT2D eigenvalue weighted by Crippen LogP contribution is -2.67. The molecule has 0 aliphatic carbocycles. The number of benzene rings is 2. The van der Waals surface area contributed by atoms with Crippen molar-refractivity contribution in [2.24, 2.45) is 0 Å². The number of hydrogen-bond donors (Lipinski definition) is 0. The first kappa shape index (κ1) is 18.3. The number of morpholine rings is 1. The van der Waals surface area contributed by atoms with E-state index in [2.05, 4.69) is 4.98 Å². The largest absolute Gasteiger partial charge is 0.364 e. The van der Waals surface area contributed by atoms with E-state index >= 15 is 0 Å². The standard InChI is InChI=1S/C22H21N3O3S/c1-24-20(26)13-28-19-12-25(10-9-22(19,24)16-5-3-2-4-6-16)21(27)15-7-8-18-17(11-15)23-14-29-18/h2-8,11,14,19H,9-10,12-13H2,1H3/t19-,22+/m1/s1. The SMILES string of the molecule is CN1C(=O)CO[C@@H]2CN(C(=O)c3ccc4scnc4c3)CC[C@]21c1ccccc1. The quantitative estimate of drug-likeness (QED) is 0.655. The summed E-state index contributed by atoms with van der Waals surface area (Å²) < 4.78 is 7.07. The van der Waals surface area contributed by atoms with Gasteiger partial charge >= 0.3 is 0 Å². The number of piperidine rings is 1. The van der Waals surface area contributed by atoms with Crippen LogP contribution in [0.1, 0.15) is 22.3 Å². The van der Waals surface area contributed by atoms with E-state index in [-0.39, 0.29) is 24.5 Å². The fraction of sp³-hybridized carbons (Fsp3) is 0.318. The van der Waals surface area contributed by atoms with E-state index in [4.69, 9.17) is 4.74 Å². The summed E-state index contributed by atoms with van der Waals surface area (Å²) in [6, 6.07) is 15.7. The normalized spacial score (nSPS) is 24.6. The van der Waals surface area contributed by atoms with Crippen molar-refractivity contribution < 1.29 is 14.3 Å². The zero-order chi connectivity index (χ0) is 20.0. The fourth-order valence-electron chi connectivity index (χ4n) is 4.58. The summed E-state index contributed by atoms with van der Waals surface area (Å²) in [4.78, 5) is 33.6. The summed E-state index contributed by atoms with van der Waals surface area (Å²) >= 11 is 1.56. The molecule has 2 aromatic carbocycles. The molecule has 148 valence electrons. The zero-order valence-electron chi connectivity index (χ0n) is 16.1. The molecule has 5 rings (SSSR count). The fourth-order valence-corrected chi connectivity index (χ4v) is 5.24. The van der Waals surface area contributed by atoms with Crippen LogP contribution in [0.3, 0.4) is 0 Å². The molecule has 2 aliphatic rings. The molecule has 0 spiro atoms. The second kappa shape index (κ2) is 6.93. The van der Waals surface area contributed by atoms with Crippen LogP contribution in [0.4, 0.5) is 0 Å². The van der Waals surface area contributed by atoms with Crippen LogP contribution in [0.25, 0.3) is 10.2 Å². The average molecular weight is 407 g/mol. The Morgan fingerprint density at radius 1 is 1.24 bits per heavy atom. The molecule has 0 unspecified atom stereocenters. The molecule has 3 heterocycles. The van der Waals surface area contributed by atoms with Gasteiger partial charge in [-0.15, -0.1) is 11.3 Å². The van der Waals surface area contributed by atoms with Crippen LogP contribution in [0.5, 0.6) is 0 Å². The lowest BCUT2D eigenvalue weighted by atomic mass is 9.76. The highest BCUT2D eigenvalue weighted by molar-refractivity contribution is 7.16. The number of amides is 2. The molecule has 3 aromatic rings. The Bertz CT molecular complexity index is 1080. The van der Waals surface area contributed by atoms with Gasteiger partial charge in [-0.1, -0.05) is 30.3 Å². The number of ether oxygens (including phenoxy) is 1. The molecule has 0 saturated carbocycles. The van der Waals surface area contributed by atoms with Crippen molar-refractivity contribution in [2.45, 2.75) is 18.1 Å². The Hall–Kier alpha value is -2.77. The van der Waals surface area contributed by atoms with Crippen LogP contribution in [-0.4, -0.2) is 59.4 Å². The molecule has 1 aromatic heterocycles. The average Bonchev–Trinajstić information content (AvgIpc) is 3.24. The van der Waals surface area contributed by atoms with Crippen molar-refractivity contribution in [3.05, 3.63) is 65.2 Å². The van der Waals surface area contributed by atoms with Crippen molar-refractivity contribution in [3.63, 3.8) is 0 Å². The van der Waals surface area contributed by atoms with Gasteiger partial charge in [0.2, 0.25) is 5.91 Å². The maximum atomic E-state index is 13.2. The molecule has 2 saturated heterocycles. The summed E-state index contributed by atoms with van der Waals surface area (Å²) in [5.41, 5.74) is 3.77. The molecule has 2 aliphatic heterocycles. The second-order valence-electron chi connectivity index (χ2n) is 7.58. The van der Waals surface area contributed by atoms with E-state index in [1.54, 1.807) is 16.8 Å². The van der Waals surface area contributed by atoms with Crippen LogP contribution in [0.15, 0.2) is 54.0 Å². The maximum Gasteiger partial charge on any atom is 0.254 e. The number of carbonyl (C=O) groups is 2. The molecule has 0 N–H and O–H groups in total. The van der Waals surface area contributed by atoms with E-state index in [1.807, 2.05) is 65.4 Å². The van der Waals surface area contributed by atoms with E-state index < -0.39 is 5.54 Å². The van der Waals surface area contributed by atoms with Gasteiger partial charge in [0.25, 0.3) is 5.91 Å². The Morgan fingerprint density at radius 3 is 2.90 bits per heavy atom. The summed E-state index contributed by atoms with van der Waals surface area (Å²) in [6.45, 7) is 1.04. The second-order valence-corrected chi connectivity index (χ2v) is 8.47. The van der Waals surface area contributed by atoms with E-state index in [9.17, 15) is 9.59 Å². The Labute approximate surface area is 172 Å². The van der Waals surface area contributed by atoms with Crippen molar-refractivity contribution >= 4 is 33.4 Å². The van der Waals surface area contributed by atoms with Gasteiger partial charge in [-0.3, -0.25) is 9.59 Å². The third kappa shape index (κ3) is 2.84. The first-order chi connectivity index (χ1) is 14.1. The molecular formula is C22H21N3O3S. The van der Waals surface area contributed by atoms with Crippen molar-refractivity contribution in [1.82, 2.24) is 14.8 Å². The summed E-state index contributed by atoms with van der Waals surface area (Å²) in [6.07, 6.45) is 0.363. The minimum Gasteiger partial charge on any atom is -0.364 e. The number of likely N-dealkylation sites (tertiary alicyclic amines) is 1. The van der Waals surface area contributed by atoms with Crippen molar-refractivity contribution in [1.29, 1.82) is 0 Å². The maximum absolute atomic E-state index is 13.2. The van der Waals surface area contributed by atoms with Crippen LogP contribution in [-0.2, 0) is 15.1 Å². The number of rotatable bonds is 2. The third-order valence-corrected chi connectivity index (χ3v) is 7.01. The number of thiazole rings is 1. The van der Waals surface area contributed by atoms with Gasteiger partial charge in [0.15, 0.2) is 0 Å². The van der Waals surface area contributed by atoms with E-state index in [1.165, 1.54) is 0 Å². The number of hydrogen-bond acceptors (Lipinski definition) is 5. The third-order valence-electron chi connectivity index (χ3n) is 6.20. The Kier molecular flexibility index (Phi) is 4.37. The zero-order valence-corrected chi connectivity index (χ0v) is 16.9. The van der Waals surface area contributed by atoms with Gasteiger partial charge in [-0.25, -0.2) is 4.98 Å². The van der Waals surface area contributed by atoms with Crippen LogP contribution in [0, 0.1) is 0 Å². The lowest BCUT2D eigenvalue weighted by molar-refractivity contribution is -0.180. The highest BCUT2D eigenvalue weighted by atomic mass is 32.1. The Morgan fingerprint density at radius 2 is 2.07 bits per heavy atom. The van der Waals surface area contributed by atoms with E-state index in [0.29, 0.717) is 25.1 Å². The van der Waals surface area contributed by atoms with Crippen molar-refractivity contribution in [3.8, 4) is 0 Å². The van der Waals surface area contributed by atoms with Gasteiger partial charge in [0.1, 0.15) is 12.7 Å². The minimum absolute atomic E-state index is 0.0234. The number of carbonyl (C=O) groups excluding carboxylic acids is 2. The van der Waals surface area contributed by atoms with Crippen LogP contribution >= 0.6 is 11.3 Å². The summed E-state index contributed by atoms with van der Waals surface area (Å²) in [5, 5.41) is 0. The van der Waals surface area contributed by atoms with E-state index in [0.717, 1.165) is 15.8 Å². The summed E-state index contributed by atoms with van der Waals surface area (Å²) in [7, 11) is 1.85. The molecule has 0 radical (unpaired) electrons. The van der Waals surface area contributed by atoms with Gasteiger partial charge < -0.3 is 14.5 Å². The highest BCUT2D eigenvalue weighted by Gasteiger charge is 2.53. The highest BCUT2D eigenvalue weighted by Crippen LogP contribution is 2.42. The van der Waals surface area contributed by atoms with Gasteiger partial charge in [-0.05, 0) is 30.2 Å². The lowest BCUT2D eigenvalue weighted by Gasteiger charge is -2.54. The smallest absolute Gasteiger partial charge is 0.254 e. The number of aromatic nitrogens is 1. The number of likely N-dealkylation sites (N-methyl/N-ethyl adjacent to an activating group) is 1. The van der Waals surface area contributed by atoms with Crippen LogP contribution in [0.2, 0.25) is 0 Å². The molecular weight excluding hydrogens is 386 g/mol. The molecule has 0 bridgehead atoms. The van der Waals surface area contributed by atoms with Crippen molar-refractivity contribution in [2.75, 3.05) is 26.7 Å². The first-order valence-electron chi connectivity index (χ1n) is 9.66. The van der Waals surface area contributed by atoms with Gasteiger partial charge in [0, 0.05) is 25.7 Å². The predicted molar refractivity (Wildman–Crippen MR) is 111 cm³/mol. The monoisotopic (exact) mass is 407 g/mol. The van der Waals surface area contributed by atoms with Crippen LogP contribution < -0.4 is 0 Å².